The van der Waals surface area contributed by atoms with Crippen molar-refractivity contribution >= 4 is 17.8 Å². The van der Waals surface area contributed by atoms with Gasteiger partial charge in [0.2, 0.25) is 5.91 Å². The monoisotopic (exact) mass is 296 g/mol. The summed E-state index contributed by atoms with van der Waals surface area (Å²) in [6, 6.07) is -0.480. The van der Waals surface area contributed by atoms with Gasteiger partial charge in [-0.15, -0.1) is 0 Å². The van der Waals surface area contributed by atoms with E-state index in [0.717, 1.165) is 30.6 Å². The van der Waals surface area contributed by atoms with Crippen molar-refractivity contribution in [3.05, 3.63) is 0 Å². The van der Waals surface area contributed by atoms with Crippen LogP contribution in [0, 0.1) is 5.92 Å². The van der Waals surface area contributed by atoms with Crippen LogP contribution in [0.2, 0.25) is 0 Å². The van der Waals surface area contributed by atoms with E-state index in [2.05, 4.69) is 10.6 Å². The fourth-order valence-corrected chi connectivity index (χ4v) is 3.26. The van der Waals surface area contributed by atoms with Crippen molar-refractivity contribution in [1.82, 2.24) is 15.5 Å². The first-order valence-electron chi connectivity index (χ1n) is 7.66. The van der Waals surface area contributed by atoms with Gasteiger partial charge in [-0.05, 0) is 25.8 Å². The standard InChI is InChI=1S/C14H24N4O3/c1-2-7-16-11(19)9-18-12(20)14(17-13(18)21)6-4-3-5-10(14)8-15/h10H,2-9,15H2,1H3,(H,16,19)(H,17,21). The molecule has 2 unspecified atom stereocenters. The third kappa shape index (κ3) is 2.88. The van der Waals surface area contributed by atoms with Crippen molar-refractivity contribution in [3.63, 3.8) is 0 Å². The molecule has 2 fully saturated rings. The van der Waals surface area contributed by atoms with Crippen molar-refractivity contribution < 1.29 is 14.4 Å². The average Bonchev–Trinajstić information content (AvgIpc) is 2.70. The highest BCUT2D eigenvalue weighted by molar-refractivity contribution is 6.09. The Bertz CT molecular complexity index is 440. The van der Waals surface area contributed by atoms with Crippen LogP contribution in [-0.2, 0) is 9.59 Å². The van der Waals surface area contributed by atoms with Crippen LogP contribution in [0.1, 0.15) is 39.0 Å². The summed E-state index contributed by atoms with van der Waals surface area (Å²) in [7, 11) is 0. The Hall–Kier alpha value is -1.63. The van der Waals surface area contributed by atoms with Gasteiger partial charge in [-0.3, -0.25) is 14.5 Å². The first-order valence-corrected chi connectivity index (χ1v) is 7.66. The van der Waals surface area contributed by atoms with Crippen LogP contribution in [0.3, 0.4) is 0 Å². The molecule has 1 heterocycles. The van der Waals surface area contributed by atoms with E-state index in [1.54, 1.807) is 0 Å². The van der Waals surface area contributed by atoms with Gasteiger partial charge in [0, 0.05) is 12.5 Å². The lowest BCUT2D eigenvalue weighted by molar-refractivity contribution is -0.137. The van der Waals surface area contributed by atoms with E-state index in [4.69, 9.17) is 5.73 Å². The van der Waals surface area contributed by atoms with E-state index in [1.807, 2.05) is 6.92 Å². The van der Waals surface area contributed by atoms with Gasteiger partial charge in [-0.25, -0.2) is 4.79 Å². The minimum absolute atomic E-state index is 0.0496. The minimum atomic E-state index is -0.894. The maximum absolute atomic E-state index is 12.7. The van der Waals surface area contributed by atoms with Crippen molar-refractivity contribution in [2.24, 2.45) is 11.7 Å². The Balaban J connectivity index is 2.10. The summed E-state index contributed by atoms with van der Waals surface area (Å²) >= 11 is 0. The number of nitrogens with two attached hydrogens (primary N) is 1. The van der Waals surface area contributed by atoms with Gasteiger partial charge in [0.25, 0.3) is 5.91 Å². The second kappa shape index (κ2) is 6.43. The fourth-order valence-electron chi connectivity index (χ4n) is 3.26. The van der Waals surface area contributed by atoms with Crippen LogP contribution in [-0.4, -0.2) is 47.9 Å². The molecule has 0 aromatic rings. The Morgan fingerprint density at radius 2 is 2.24 bits per heavy atom. The Kier molecular flexibility index (Phi) is 4.82. The molecule has 1 aliphatic carbocycles. The maximum Gasteiger partial charge on any atom is 0.325 e. The molecule has 2 rings (SSSR count). The zero-order chi connectivity index (χ0) is 15.5. The molecular formula is C14H24N4O3. The molecule has 118 valence electrons. The van der Waals surface area contributed by atoms with E-state index in [-0.39, 0.29) is 24.3 Å². The van der Waals surface area contributed by atoms with Crippen molar-refractivity contribution in [1.29, 1.82) is 0 Å². The van der Waals surface area contributed by atoms with E-state index in [0.29, 0.717) is 19.5 Å². The lowest BCUT2D eigenvalue weighted by Crippen LogP contribution is -2.57. The summed E-state index contributed by atoms with van der Waals surface area (Å²) in [5, 5.41) is 5.49. The predicted molar refractivity (Wildman–Crippen MR) is 77.3 cm³/mol. The molecular weight excluding hydrogens is 272 g/mol. The summed E-state index contributed by atoms with van der Waals surface area (Å²) in [6.45, 7) is 2.63. The van der Waals surface area contributed by atoms with Crippen molar-refractivity contribution in [2.45, 2.75) is 44.6 Å². The molecule has 21 heavy (non-hydrogen) atoms. The number of nitrogens with one attached hydrogen (secondary N) is 2. The van der Waals surface area contributed by atoms with Gasteiger partial charge in [0.05, 0.1) is 0 Å². The van der Waals surface area contributed by atoms with Gasteiger partial charge in [-0.2, -0.15) is 0 Å². The predicted octanol–water partition coefficient (Wildman–Crippen LogP) is -0.0479. The summed E-state index contributed by atoms with van der Waals surface area (Å²) in [5.41, 5.74) is 4.88. The molecule has 2 aliphatic rings. The number of hydrogen-bond donors (Lipinski definition) is 3. The van der Waals surface area contributed by atoms with Crippen LogP contribution in [0.4, 0.5) is 4.79 Å². The van der Waals surface area contributed by atoms with Crippen LogP contribution >= 0.6 is 0 Å². The molecule has 7 nitrogen and oxygen atoms in total. The number of hydrogen-bond acceptors (Lipinski definition) is 4. The molecule has 1 saturated carbocycles. The second-order valence-corrected chi connectivity index (χ2v) is 5.82. The lowest BCUT2D eigenvalue weighted by atomic mass is 9.72. The first kappa shape index (κ1) is 15.8. The zero-order valence-electron chi connectivity index (χ0n) is 12.5. The lowest BCUT2D eigenvalue weighted by Gasteiger charge is -2.38. The second-order valence-electron chi connectivity index (χ2n) is 5.82. The van der Waals surface area contributed by atoms with Gasteiger partial charge < -0.3 is 16.4 Å². The highest BCUT2D eigenvalue weighted by Crippen LogP contribution is 2.37. The third-order valence-electron chi connectivity index (χ3n) is 4.43. The van der Waals surface area contributed by atoms with Crippen LogP contribution < -0.4 is 16.4 Å². The molecule has 0 aromatic carbocycles. The maximum atomic E-state index is 12.7. The summed E-state index contributed by atoms with van der Waals surface area (Å²) in [5.74, 6) is -0.654. The zero-order valence-corrected chi connectivity index (χ0v) is 12.5. The van der Waals surface area contributed by atoms with E-state index < -0.39 is 11.6 Å². The number of imide groups is 1. The van der Waals surface area contributed by atoms with Crippen LogP contribution in [0.25, 0.3) is 0 Å². The van der Waals surface area contributed by atoms with Crippen LogP contribution in [0.5, 0.6) is 0 Å². The fraction of sp³-hybridized carbons (Fsp3) is 0.786. The van der Waals surface area contributed by atoms with E-state index >= 15 is 0 Å². The number of amides is 4. The molecule has 2 atom stereocenters. The Morgan fingerprint density at radius 1 is 1.48 bits per heavy atom. The molecule has 4 N–H and O–H groups in total. The highest BCUT2D eigenvalue weighted by atomic mass is 16.2. The van der Waals surface area contributed by atoms with Gasteiger partial charge >= 0.3 is 6.03 Å². The minimum Gasteiger partial charge on any atom is -0.355 e. The van der Waals surface area contributed by atoms with Crippen molar-refractivity contribution in [3.8, 4) is 0 Å². The average molecular weight is 296 g/mol. The van der Waals surface area contributed by atoms with Gasteiger partial charge in [0.15, 0.2) is 0 Å². The summed E-state index contributed by atoms with van der Waals surface area (Å²) in [4.78, 5) is 37.6. The largest absolute Gasteiger partial charge is 0.355 e. The molecule has 0 radical (unpaired) electrons. The molecule has 1 saturated heterocycles. The first-order chi connectivity index (χ1) is 10.0. The SMILES string of the molecule is CCCNC(=O)CN1C(=O)NC2(CCCCC2CN)C1=O. The van der Waals surface area contributed by atoms with Gasteiger partial charge in [0.1, 0.15) is 12.1 Å². The molecule has 4 amide bonds. The highest BCUT2D eigenvalue weighted by Gasteiger charge is 2.56. The number of carbonyl (C=O) groups excluding carboxylic acids is 3. The molecule has 1 aliphatic heterocycles. The summed E-state index contributed by atoms with van der Waals surface area (Å²) < 4.78 is 0. The summed E-state index contributed by atoms with van der Waals surface area (Å²) in [6.07, 6.45) is 4.15. The Labute approximate surface area is 124 Å². The molecule has 7 heteroatoms. The Morgan fingerprint density at radius 3 is 2.90 bits per heavy atom. The number of urea groups is 1. The number of carbonyl (C=O) groups is 3. The van der Waals surface area contributed by atoms with Gasteiger partial charge in [-0.1, -0.05) is 19.8 Å². The molecule has 0 bridgehead atoms. The third-order valence-corrected chi connectivity index (χ3v) is 4.43. The number of rotatable bonds is 5. The molecule has 0 aromatic heterocycles. The normalized spacial score (nSPS) is 28.9. The van der Waals surface area contributed by atoms with Crippen LogP contribution in [0.15, 0.2) is 0 Å². The topological polar surface area (TPSA) is 105 Å². The van der Waals surface area contributed by atoms with E-state index in [1.165, 1.54) is 0 Å². The molecule has 1 spiro atoms. The van der Waals surface area contributed by atoms with E-state index in [9.17, 15) is 14.4 Å². The smallest absolute Gasteiger partial charge is 0.325 e. The van der Waals surface area contributed by atoms with Crippen molar-refractivity contribution in [2.75, 3.05) is 19.6 Å². The quantitative estimate of drug-likeness (QED) is 0.619. The number of nitrogens with zero attached hydrogens (tertiary/aromatic N) is 1.